The molecule has 0 aliphatic rings. The lowest BCUT2D eigenvalue weighted by molar-refractivity contribution is 0.0695. The Morgan fingerprint density at radius 2 is 2.06 bits per heavy atom. The summed E-state index contributed by atoms with van der Waals surface area (Å²) in [6.45, 7) is 5.34. The Morgan fingerprint density at radius 1 is 1.35 bits per heavy atom. The first kappa shape index (κ1) is 11.3. The van der Waals surface area contributed by atoms with Crippen LogP contribution in [0.1, 0.15) is 27.3 Å². The zero-order valence-electron chi connectivity index (χ0n) is 9.93. The standard InChI is InChI=1S/C12H13N3O2/c1-7-6-10(15-5-4-8(2)14-15)13-9(3)11(7)12(16)17/h4-6H,1-3H3,(H,16,17). The van der Waals surface area contributed by atoms with Gasteiger partial charge in [0, 0.05) is 6.20 Å². The van der Waals surface area contributed by atoms with Gasteiger partial charge in [-0.25, -0.2) is 14.5 Å². The quantitative estimate of drug-likeness (QED) is 0.857. The van der Waals surface area contributed by atoms with Gasteiger partial charge < -0.3 is 5.11 Å². The van der Waals surface area contributed by atoms with E-state index in [4.69, 9.17) is 5.11 Å². The van der Waals surface area contributed by atoms with Crippen LogP contribution in [0.3, 0.4) is 0 Å². The molecule has 0 bridgehead atoms. The Morgan fingerprint density at radius 3 is 2.53 bits per heavy atom. The molecule has 0 atom stereocenters. The van der Waals surface area contributed by atoms with Crippen LogP contribution >= 0.6 is 0 Å². The lowest BCUT2D eigenvalue weighted by atomic mass is 10.1. The number of aromatic nitrogens is 3. The summed E-state index contributed by atoms with van der Waals surface area (Å²) in [4.78, 5) is 15.3. The monoisotopic (exact) mass is 231 g/mol. The predicted molar refractivity (Wildman–Crippen MR) is 62.5 cm³/mol. The molecular formula is C12H13N3O2. The SMILES string of the molecule is Cc1ccn(-c2cc(C)c(C(=O)O)c(C)n2)n1. The van der Waals surface area contributed by atoms with Crippen LogP contribution in [0.5, 0.6) is 0 Å². The van der Waals surface area contributed by atoms with Crippen molar-refractivity contribution < 1.29 is 9.90 Å². The fraction of sp³-hybridized carbons (Fsp3) is 0.250. The zero-order chi connectivity index (χ0) is 12.6. The molecule has 0 amide bonds. The maximum Gasteiger partial charge on any atom is 0.337 e. The van der Waals surface area contributed by atoms with Crippen molar-refractivity contribution in [2.24, 2.45) is 0 Å². The van der Waals surface area contributed by atoms with E-state index in [0.29, 0.717) is 17.1 Å². The molecule has 0 unspecified atom stereocenters. The minimum atomic E-state index is -0.948. The van der Waals surface area contributed by atoms with Crippen LogP contribution in [0.15, 0.2) is 18.3 Å². The van der Waals surface area contributed by atoms with Crippen LogP contribution in [0.2, 0.25) is 0 Å². The lowest BCUT2D eigenvalue weighted by Crippen LogP contribution is -2.08. The van der Waals surface area contributed by atoms with Gasteiger partial charge in [-0.05, 0) is 38.5 Å². The molecule has 0 radical (unpaired) electrons. The number of nitrogens with zero attached hydrogens (tertiary/aromatic N) is 3. The molecule has 2 rings (SSSR count). The first-order valence-electron chi connectivity index (χ1n) is 5.23. The summed E-state index contributed by atoms with van der Waals surface area (Å²) in [6.07, 6.45) is 1.80. The molecule has 2 aromatic heterocycles. The number of pyridine rings is 1. The summed E-state index contributed by atoms with van der Waals surface area (Å²) in [6, 6.07) is 3.60. The van der Waals surface area contributed by atoms with Gasteiger partial charge in [-0.15, -0.1) is 0 Å². The highest BCUT2D eigenvalue weighted by atomic mass is 16.4. The molecule has 5 nitrogen and oxygen atoms in total. The second-order valence-electron chi connectivity index (χ2n) is 3.96. The zero-order valence-corrected chi connectivity index (χ0v) is 9.93. The third kappa shape index (κ3) is 2.04. The average Bonchev–Trinajstić information content (AvgIpc) is 2.63. The Labute approximate surface area is 98.7 Å². The Kier molecular flexibility index (Phi) is 2.67. The van der Waals surface area contributed by atoms with Crippen molar-refractivity contribution in [3.8, 4) is 5.82 Å². The maximum absolute atomic E-state index is 11.0. The number of aryl methyl sites for hydroxylation is 3. The van der Waals surface area contributed by atoms with Gasteiger partial charge in [0.15, 0.2) is 5.82 Å². The van der Waals surface area contributed by atoms with E-state index in [9.17, 15) is 4.79 Å². The number of hydrogen-bond donors (Lipinski definition) is 1. The second kappa shape index (κ2) is 4.01. The number of aromatic carboxylic acids is 1. The van der Waals surface area contributed by atoms with Crippen LogP contribution in [-0.4, -0.2) is 25.8 Å². The van der Waals surface area contributed by atoms with Crippen molar-refractivity contribution in [1.29, 1.82) is 0 Å². The number of carboxylic acids is 1. The predicted octanol–water partition coefficient (Wildman–Crippen LogP) is 1.89. The summed E-state index contributed by atoms with van der Waals surface area (Å²) < 4.78 is 1.64. The van der Waals surface area contributed by atoms with Crippen molar-refractivity contribution in [2.45, 2.75) is 20.8 Å². The Balaban J connectivity index is 2.56. The first-order chi connectivity index (χ1) is 7.99. The van der Waals surface area contributed by atoms with Gasteiger partial charge in [-0.1, -0.05) is 0 Å². The summed E-state index contributed by atoms with van der Waals surface area (Å²) in [5.74, 6) is -0.311. The summed E-state index contributed by atoms with van der Waals surface area (Å²) in [5.41, 5.74) is 2.34. The van der Waals surface area contributed by atoms with E-state index in [-0.39, 0.29) is 5.56 Å². The minimum absolute atomic E-state index is 0.262. The van der Waals surface area contributed by atoms with E-state index < -0.39 is 5.97 Å². The molecule has 0 saturated heterocycles. The van der Waals surface area contributed by atoms with Gasteiger partial charge in [0.25, 0.3) is 0 Å². The Bertz CT molecular complexity index is 564. The van der Waals surface area contributed by atoms with Crippen molar-refractivity contribution in [1.82, 2.24) is 14.8 Å². The number of carboxylic acid groups (broad SMARTS) is 1. The van der Waals surface area contributed by atoms with Crippen LogP contribution in [0, 0.1) is 20.8 Å². The molecule has 2 heterocycles. The number of carbonyl (C=O) groups is 1. The van der Waals surface area contributed by atoms with E-state index in [1.165, 1.54) is 0 Å². The minimum Gasteiger partial charge on any atom is -0.478 e. The molecule has 0 aliphatic heterocycles. The van der Waals surface area contributed by atoms with Crippen LogP contribution in [0.4, 0.5) is 0 Å². The third-order valence-corrected chi connectivity index (χ3v) is 2.56. The molecular weight excluding hydrogens is 218 g/mol. The highest BCUT2D eigenvalue weighted by Crippen LogP contribution is 2.15. The third-order valence-electron chi connectivity index (χ3n) is 2.56. The van der Waals surface area contributed by atoms with Crippen LogP contribution in [-0.2, 0) is 0 Å². The highest BCUT2D eigenvalue weighted by Gasteiger charge is 2.14. The molecule has 1 N–H and O–H groups in total. The van der Waals surface area contributed by atoms with E-state index >= 15 is 0 Å². The molecule has 0 fully saturated rings. The second-order valence-corrected chi connectivity index (χ2v) is 3.96. The molecule has 0 aliphatic carbocycles. The van der Waals surface area contributed by atoms with E-state index in [2.05, 4.69) is 10.1 Å². The van der Waals surface area contributed by atoms with Gasteiger partial charge in [-0.3, -0.25) is 0 Å². The molecule has 88 valence electrons. The topological polar surface area (TPSA) is 68.0 Å². The fourth-order valence-corrected chi connectivity index (χ4v) is 1.79. The fourth-order valence-electron chi connectivity index (χ4n) is 1.79. The lowest BCUT2D eigenvalue weighted by Gasteiger charge is -2.08. The van der Waals surface area contributed by atoms with Crippen LogP contribution in [0.25, 0.3) is 5.82 Å². The van der Waals surface area contributed by atoms with Gasteiger partial charge in [0.1, 0.15) is 0 Å². The average molecular weight is 231 g/mol. The summed E-state index contributed by atoms with van der Waals surface area (Å²) in [7, 11) is 0. The Hall–Kier alpha value is -2.17. The number of hydrogen-bond acceptors (Lipinski definition) is 3. The number of rotatable bonds is 2. The molecule has 0 aromatic carbocycles. The van der Waals surface area contributed by atoms with Crippen molar-refractivity contribution in [3.63, 3.8) is 0 Å². The normalized spacial score (nSPS) is 10.5. The van der Waals surface area contributed by atoms with Crippen molar-refractivity contribution in [2.75, 3.05) is 0 Å². The smallest absolute Gasteiger partial charge is 0.337 e. The summed E-state index contributed by atoms with van der Waals surface area (Å²) in [5, 5.41) is 13.3. The van der Waals surface area contributed by atoms with Gasteiger partial charge in [-0.2, -0.15) is 5.10 Å². The molecule has 0 saturated carbocycles. The molecule has 2 aromatic rings. The van der Waals surface area contributed by atoms with E-state index in [1.807, 2.05) is 13.0 Å². The summed E-state index contributed by atoms with van der Waals surface area (Å²) >= 11 is 0. The molecule has 5 heteroatoms. The largest absolute Gasteiger partial charge is 0.478 e. The highest BCUT2D eigenvalue weighted by molar-refractivity contribution is 5.90. The molecule has 0 spiro atoms. The first-order valence-corrected chi connectivity index (χ1v) is 5.23. The van der Waals surface area contributed by atoms with Crippen LogP contribution < -0.4 is 0 Å². The van der Waals surface area contributed by atoms with Gasteiger partial charge >= 0.3 is 5.97 Å². The van der Waals surface area contributed by atoms with Gasteiger partial charge in [0.2, 0.25) is 0 Å². The molecule has 17 heavy (non-hydrogen) atoms. The van der Waals surface area contributed by atoms with E-state index in [0.717, 1.165) is 5.69 Å². The maximum atomic E-state index is 11.0. The van der Waals surface area contributed by atoms with E-state index in [1.54, 1.807) is 30.8 Å². The van der Waals surface area contributed by atoms with Crippen molar-refractivity contribution in [3.05, 3.63) is 40.8 Å². The van der Waals surface area contributed by atoms with Gasteiger partial charge in [0.05, 0.1) is 17.0 Å². The van der Waals surface area contributed by atoms with Crippen molar-refractivity contribution >= 4 is 5.97 Å².